The van der Waals surface area contributed by atoms with Crippen LogP contribution in [0.25, 0.3) is 34.6 Å². The van der Waals surface area contributed by atoms with Crippen LogP contribution in [0, 0.1) is 6.92 Å². The number of aryl methyl sites for hydroxylation is 1. The number of allylic oxidation sites excluding steroid dienone is 1. The molecule has 0 unspecified atom stereocenters. The molecule has 0 saturated carbocycles. The van der Waals surface area contributed by atoms with Crippen LogP contribution >= 0.6 is 0 Å². The predicted octanol–water partition coefficient (Wildman–Crippen LogP) is 2.95. The standard InChI is InChI=1S/C21H19NO3/c1-3-18-15(9-6-12-23)19(14-8-5-4-7-13(14)2)16-10-11-17(24)20(22)21(16)25-18/h3-12,23H,22H2,1-2H3/b12-6?,15-9?,18-3+. The third kappa shape index (κ3) is 2.83. The Bertz CT molecular complexity index is 1110. The van der Waals surface area contributed by atoms with Crippen LogP contribution in [0.2, 0.25) is 0 Å². The molecule has 25 heavy (non-hydrogen) atoms. The number of fused-ring (bicyclic) bond motifs is 1. The van der Waals surface area contributed by atoms with Gasteiger partial charge in [-0.25, -0.2) is 0 Å². The average Bonchev–Trinajstić information content (AvgIpc) is 2.62. The van der Waals surface area contributed by atoms with E-state index in [4.69, 9.17) is 15.3 Å². The second-order valence-electron chi connectivity index (χ2n) is 5.72. The Morgan fingerprint density at radius 1 is 1.12 bits per heavy atom. The fourth-order valence-electron chi connectivity index (χ4n) is 2.98. The largest absolute Gasteiger partial charge is 0.516 e. The van der Waals surface area contributed by atoms with Crippen molar-refractivity contribution in [3.8, 4) is 22.5 Å². The molecule has 3 N–H and O–H groups in total. The minimum atomic E-state index is -0.263. The van der Waals surface area contributed by atoms with E-state index in [0.29, 0.717) is 11.2 Å². The van der Waals surface area contributed by atoms with Crippen molar-refractivity contribution in [2.24, 2.45) is 0 Å². The van der Waals surface area contributed by atoms with Gasteiger partial charge in [0.25, 0.3) is 0 Å². The highest BCUT2D eigenvalue weighted by Crippen LogP contribution is 2.33. The Morgan fingerprint density at radius 3 is 2.56 bits per heavy atom. The van der Waals surface area contributed by atoms with Crippen molar-refractivity contribution in [3.63, 3.8) is 0 Å². The van der Waals surface area contributed by atoms with Gasteiger partial charge in [0.15, 0.2) is 5.76 Å². The molecule has 2 aliphatic rings. The normalized spacial score (nSPS) is 13.2. The lowest BCUT2D eigenvalue weighted by Gasteiger charge is -2.16. The van der Waals surface area contributed by atoms with Crippen LogP contribution in [0.15, 0.2) is 57.9 Å². The van der Waals surface area contributed by atoms with Crippen molar-refractivity contribution in [3.05, 3.63) is 75.2 Å². The van der Waals surface area contributed by atoms with Gasteiger partial charge < -0.3 is 15.3 Å². The molecule has 0 fully saturated rings. The number of aliphatic hydroxyl groups is 1. The van der Waals surface area contributed by atoms with Gasteiger partial charge in [0.05, 0.1) is 6.26 Å². The average molecular weight is 333 g/mol. The van der Waals surface area contributed by atoms with Crippen LogP contribution in [-0.2, 0) is 0 Å². The van der Waals surface area contributed by atoms with Crippen molar-refractivity contribution in [1.82, 2.24) is 0 Å². The highest BCUT2D eigenvalue weighted by Gasteiger charge is 2.19. The number of anilines is 1. The molecule has 0 amide bonds. The minimum Gasteiger partial charge on any atom is -0.516 e. The maximum atomic E-state index is 12.0. The van der Waals surface area contributed by atoms with Crippen molar-refractivity contribution in [1.29, 1.82) is 0 Å². The van der Waals surface area contributed by atoms with Crippen LogP contribution in [-0.4, -0.2) is 5.11 Å². The molecule has 0 bridgehead atoms. The summed E-state index contributed by atoms with van der Waals surface area (Å²) in [5.41, 5.74) is 10.2. The highest BCUT2D eigenvalue weighted by molar-refractivity contribution is 5.88. The van der Waals surface area contributed by atoms with Gasteiger partial charge in [0, 0.05) is 16.3 Å². The van der Waals surface area contributed by atoms with Crippen molar-refractivity contribution in [2.75, 3.05) is 5.73 Å². The summed E-state index contributed by atoms with van der Waals surface area (Å²) in [6.45, 7) is 3.88. The Balaban J connectivity index is 2.63. The minimum absolute atomic E-state index is 0.0969. The summed E-state index contributed by atoms with van der Waals surface area (Å²) in [5, 5.41) is 9.90. The van der Waals surface area contributed by atoms with Gasteiger partial charge in [-0.05, 0) is 55.3 Å². The van der Waals surface area contributed by atoms with Crippen LogP contribution < -0.4 is 21.8 Å². The molecular formula is C21H19NO3. The Kier molecular flexibility index (Phi) is 4.44. The molecule has 1 heterocycles. The number of hydrogen-bond donors (Lipinski definition) is 2. The van der Waals surface area contributed by atoms with Gasteiger partial charge in [0.1, 0.15) is 11.1 Å². The first-order chi connectivity index (χ1) is 12.1. The lowest BCUT2D eigenvalue weighted by Crippen LogP contribution is -2.29. The van der Waals surface area contributed by atoms with E-state index in [-0.39, 0.29) is 11.1 Å². The molecule has 1 aromatic carbocycles. The second kappa shape index (κ2) is 6.69. The molecule has 0 atom stereocenters. The van der Waals surface area contributed by atoms with E-state index < -0.39 is 0 Å². The summed E-state index contributed by atoms with van der Waals surface area (Å²) in [5.74, 6) is 0.379. The van der Waals surface area contributed by atoms with Crippen molar-refractivity contribution < 1.29 is 9.52 Å². The predicted molar refractivity (Wildman–Crippen MR) is 102 cm³/mol. The molecule has 0 spiro atoms. The van der Waals surface area contributed by atoms with E-state index >= 15 is 0 Å². The molecule has 1 aromatic rings. The van der Waals surface area contributed by atoms with E-state index in [0.717, 1.165) is 33.7 Å². The first kappa shape index (κ1) is 16.6. The van der Waals surface area contributed by atoms with Gasteiger partial charge in [-0.3, -0.25) is 4.79 Å². The Morgan fingerprint density at radius 2 is 1.88 bits per heavy atom. The molecule has 3 rings (SSSR count). The SMILES string of the molecule is C/C=c1/oc2c(N)c(=O)ccc-2c(-c2ccccc2C)c1=CC=CO. The number of hydrogen-bond acceptors (Lipinski definition) is 4. The maximum Gasteiger partial charge on any atom is 0.205 e. The van der Waals surface area contributed by atoms with Gasteiger partial charge in [0.2, 0.25) is 5.43 Å². The maximum absolute atomic E-state index is 12.0. The zero-order chi connectivity index (χ0) is 18.0. The molecule has 4 heteroatoms. The summed E-state index contributed by atoms with van der Waals surface area (Å²) in [7, 11) is 0. The molecule has 1 aliphatic heterocycles. The highest BCUT2D eigenvalue weighted by atomic mass is 16.3. The second-order valence-corrected chi connectivity index (χ2v) is 5.72. The topological polar surface area (TPSA) is 76.5 Å². The van der Waals surface area contributed by atoms with Gasteiger partial charge in [-0.1, -0.05) is 24.3 Å². The van der Waals surface area contributed by atoms with E-state index in [1.54, 1.807) is 12.1 Å². The van der Waals surface area contributed by atoms with Gasteiger partial charge in [-0.15, -0.1) is 0 Å². The first-order valence-electron chi connectivity index (χ1n) is 7.97. The van der Waals surface area contributed by atoms with Crippen molar-refractivity contribution in [2.45, 2.75) is 13.8 Å². The molecule has 4 nitrogen and oxygen atoms in total. The summed E-state index contributed by atoms with van der Waals surface area (Å²) < 4.78 is 5.93. The summed E-state index contributed by atoms with van der Waals surface area (Å²) in [4.78, 5) is 12.0. The van der Waals surface area contributed by atoms with Crippen LogP contribution in [0.5, 0.6) is 0 Å². The monoisotopic (exact) mass is 333 g/mol. The zero-order valence-electron chi connectivity index (χ0n) is 14.1. The molecule has 0 aromatic heterocycles. The molecule has 1 aliphatic carbocycles. The lowest BCUT2D eigenvalue weighted by atomic mass is 9.92. The number of nitrogen functional groups attached to an aromatic ring is 1. The lowest BCUT2D eigenvalue weighted by molar-refractivity contribution is 0.474. The van der Waals surface area contributed by atoms with Crippen LogP contribution in [0.4, 0.5) is 5.69 Å². The Hall–Kier alpha value is -3.27. The summed E-state index contributed by atoms with van der Waals surface area (Å²) in [6.07, 6.45) is 6.10. The number of rotatable bonds is 2. The Labute approximate surface area is 145 Å². The van der Waals surface area contributed by atoms with Gasteiger partial charge in [-0.2, -0.15) is 0 Å². The van der Waals surface area contributed by atoms with E-state index in [1.165, 1.54) is 12.1 Å². The third-order valence-corrected chi connectivity index (χ3v) is 4.20. The smallest absolute Gasteiger partial charge is 0.205 e. The molecule has 0 radical (unpaired) electrons. The summed E-state index contributed by atoms with van der Waals surface area (Å²) >= 11 is 0. The van der Waals surface area contributed by atoms with Crippen LogP contribution in [0.1, 0.15) is 12.5 Å². The number of benzene rings is 2. The summed E-state index contributed by atoms with van der Waals surface area (Å²) in [6, 6.07) is 11.2. The number of aliphatic hydroxyl groups excluding tert-OH is 1. The quantitative estimate of drug-likeness (QED) is 0.558. The zero-order valence-corrected chi connectivity index (χ0v) is 14.1. The molecule has 126 valence electrons. The van der Waals surface area contributed by atoms with Crippen molar-refractivity contribution >= 4 is 17.8 Å². The van der Waals surface area contributed by atoms with E-state index in [2.05, 4.69) is 0 Å². The van der Waals surface area contributed by atoms with E-state index in [1.807, 2.05) is 44.2 Å². The molecular weight excluding hydrogens is 314 g/mol. The fraction of sp³-hybridized carbons (Fsp3) is 0.0952. The molecule has 0 saturated heterocycles. The first-order valence-corrected chi connectivity index (χ1v) is 7.97. The third-order valence-electron chi connectivity index (χ3n) is 4.20. The van der Waals surface area contributed by atoms with Crippen LogP contribution in [0.3, 0.4) is 0 Å². The fourth-order valence-corrected chi connectivity index (χ4v) is 2.98. The van der Waals surface area contributed by atoms with Gasteiger partial charge >= 0.3 is 0 Å². The number of nitrogens with two attached hydrogens (primary N) is 1. The van der Waals surface area contributed by atoms with E-state index in [9.17, 15) is 4.79 Å².